The fourth-order valence-electron chi connectivity index (χ4n) is 3.15. The van der Waals surface area contributed by atoms with Gasteiger partial charge in [0, 0.05) is 25.0 Å². The number of anilines is 1. The minimum atomic E-state index is 0.590. The van der Waals surface area contributed by atoms with Gasteiger partial charge in [0.15, 0.2) is 0 Å². The van der Waals surface area contributed by atoms with Crippen LogP contribution in [0.15, 0.2) is 0 Å². The van der Waals surface area contributed by atoms with Crippen LogP contribution in [0.2, 0.25) is 0 Å². The van der Waals surface area contributed by atoms with Crippen LogP contribution in [0, 0.1) is 5.92 Å². The number of nitrogens with one attached hydrogen (secondary N) is 1. The Kier molecular flexibility index (Phi) is 3.52. The summed E-state index contributed by atoms with van der Waals surface area (Å²) in [6, 6.07) is 1.33. The summed E-state index contributed by atoms with van der Waals surface area (Å²) < 4.78 is 0. The van der Waals surface area contributed by atoms with Crippen LogP contribution in [0.4, 0.5) is 5.13 Å². The number of hydrogen-bond donors (Lipinski definition) is 1. The lowest BCUT2D eigenvalue weighted by molar-refractivity contribution is 0.318. The predicted octanol–water partition coefficient (Wildman–Crippen LogP) is 2.39. The van der Waals surface area contributed by atoms with E-state index < -0.39 is 0 Å². The van der Waals surface area contributed by atoms with Gasteiger partial charge in [-0.3, -0.25) is 4.90 Å². The lowest BCUT2D eigenvalue weighted by atomic mass is 10.1. The highest BCUT2D eigenvalue weighted by atomic mass is 32.1. The van der Waals surface area contributed by atoms with Crippen LogP contribution in [0.1, 0.15) is 38.1 Å². The molecule has 0 radical (unpaired) electrons. The molecule has 3 heterocycles. The van der Waals surface area contributed by atoms with Crippen molar-refractivity contribution in [1.29, 1.82) is 0 Å². The van der Waals surface area contributed by atoms with E-state index in [2.05, 4.69) is 34.3 Å². The highest BCUT2D eigenvalue weighted by Gasteiger charge is 2.37. The smallest absolute Gasteiger partial charge is 0.205 e. The van der Waals surface area contributed by atoms with E-state index in [0.29, 0.717) is 12.0 Å². The predicted molar refractivity (Wildman–Crippen MR) is 75.1 cm³/mol. The Labute approximate surface area is 113 Å². The van der Waals surface area contributed by atoms with Gasteiger partial charge in [-0.1, -0.05) is 25.2 Å². The van der Waals surface area contributed by atoms with Crippen LogP contribution >= 0.6 is 11.3 Å². The first kappa shape index (κ1) is 12.4. The third-order valence-electron chi connectivity index (χ3n) is 3.96. The summed E-state index contributed by atoms with van der Waals surface area (Å²) in [6.07, 6.45) is 5.00. The van der Waals surface area contributed by atoms with E-state index in [0.717, 1.165) is 22.6 Å². The van der Waals surface area contributed by atoms with Crippen molar-refractivity contribution in [2.45, 2.75) is 51.6 Å². The molecule has 2 saturated heterocycles. The van der Waals surface area contributed by atoms with Crippen molar-refractivity contribution in [3.8, 4) is 0 Å². The Bertz CT molecular complexity index is 403. The molecule has 2 fully saturated rings. The van der Waals surface area contributed by atoms with Gasteiger partial charge in [-0.25, -0.2) is 0 Å². The summed E-state index contributed by atoms with van der Waals surface area (Å²) in [7, 11) is 0. The normalized spacial score (nSPS) is 27.9. The van der Waals surface area contributed by atoms with Gasteiger partial charge in [-0.15, -0.1) is 10.2 Å². The van der Waals surface area contributed by atoms with Crippen LogP contribution in [-0.4, -0.2) is 40.3 Å². The molecule has 2 aliphatic heterocycles. The topological polar surface area (TPSA) is 41.1 Å². The van der Waals surface area contributed by atoms with Crippen molar-refractivity contribution in [1.82, 2.24) is 15.1 Å². The Balaban J connectivity index is 1.60. The van der Waals surface area contributed by atoms with Crippen LogP contribution in [0.5, 0.6) is 0 Å². The van der Waals surface area contributed by atoms with Crippen LogP contribution in [0.3, 0.4) is 0 Å². The molecule has 0 bridgehead atoms. The highest BCUT2D eigenvalue weighted by Crippen LogP contribution is 2.30. The summed E-state index contributed by atoms with van der Waals surface area (Å²) >= 11 is 1.73. The second-order valence-electron chi connectivity index (χ2n) is 5.88. The van der Waals surface area contributed by atoms with E-state index >= 15 is 0 Å². The molecular weight excluding hydrogens is 244 g/mol. The lowest BCUT2D eigenvalue weighted by Gasteiger charge is -2.20. The summed E-state index contributed by atoms with van der Waals surface area (Å²) in [5.41, 5.74) is 0. The van der Waals surface area contributed by atoms with E-state index in [4.69, 9.17) is 0 Å². The zero-order chi connectivity index (χ0) is 12.5. The molecule has 18 heavy (non-hydrogen) atoms. The number of hydrogen-bond acceptors (Lipinski definition) is 5. The Morgan fingerprint density at radius 1 is 1.33 bits per heavy atom. The third-order valence-corrected chi connectivity index (χ3v) is 4.84. The van der Waals surface area contributed by atoms with Gasteiger partial charge >= 0.3 is 0 Å². The molecule has 5 heteroatoms. The van der Waals surface area contributed by atoms with Crippen LogP contribution in [0.25, 0.3) is 0 Å². The van der Waals surface area contributed by atoms with E-state index in [1.165, 1.54) is 32.4 Å². The number of fused-ring (bicyclic) bond motifs is 1. The fourth-order valence-corrected chi connectivity index (χ4v) is 4.17. The van der Waals surface area contributed by atoms with Crippen molar-refractivity contribution < 1.29 is 0 Å². The molecule has 100 valence electrons. The molecule has 3 rings (SSSR count). The molecule has 2 atom stereocenters. The van der Waals surface area contributed by atoms with Crippen molar-refractivity contribution in [2.24, 2.45) is 5.92 Å². The van der Waals surface area contributed by atoms with Gasteiger partial charge in [0.2, 0.25) is 5.13 Å². The number of aromatic nitrogens is 2. The SMILES string of the molecule is CC(C)Cc1nnc(NC2CCN3CCCC23)s1. The average Bonchev–Trinajstić information content (AvgIpc) is 2.96. The van der Waals surface area contributed by atoms with E-state index in [1.54, 1.807) is 11.3 Å². The Morgan fingerprint density at radius 2 is 2.22 bits per heavy atom. The summed E-state index contributed by atoms with van der Waals surface area (Å²) in [5, 5.41) is 14.4. The molecule has 4 nitrogen and oxygen atoms in total. The maximum atomic E-state index is 4.29. The Morgan fingerprint density at radius 3 is 3.06 bits per heavy atom. The Hall–Kier alpha value is -0.680. The van der Waals surface area contributed by atoms with Gasteiger partial charge < -0.3 is 5.32 Å². The van der Waals surface area contributed by atoms with Crippen molar-refractivity contribution >= 4 is 16.5 Å². The first-order valence-electron chi connectivity index (χ1n) is 7.05. The maximum absolute atomic E-state index is 4.29. The zero-order valence-electron chi connectivity index (χ0n) is 11.2. The van der Waals surface area contributed by atoms with Gasteiger partial charge in [-0.2, -0.15) is 0 Å². The first-order chi connectivity index (χ1) is 8.72. The lowest BCUT2D eigenvalue weighted by Crippen LogP contribution is -2.33. The quantitative estimate of drug-likeness (QED) is 0.908. The van der Waals surface area contributed by atoms with Gasteiger partial charge in [-0.05, 0) is 31.7 Å². The molecule has 1 aromatic rings. The standard InChI is InChI=1S/C13H22N4S/c1-9(2)8-12-15-16-13(18-12)14-10-5-7-17-6-3-4-11(10)17/h9-11H,3-8H2,1-2H3,(H,14,16). The highest BCUT2D eigenvalue weighted by molar-refractivity contribution is 7.15. The number of rotatable bonds is 4. The minimum absolute atomic E-state index is 0.590. The summed E-state index contributed by atoms with van der Waals surface area (Å²) in [5.74, 6) is 0.655. The second-order valence-corrected chi connectivity index (χ2v) is 6.95. The molecule has 2 aliphatic rings. The molecule has 0 saturated carbocycles. The first-order valence-corrected chi connectivity index (χ1v) is 7.87. The molecule has 2 unspecified atom stereocenters. The molecule has 1 aromatic heterocycles. The molecule has 0 aromatic carbocycles. The van der Waals surface area contributed by atoms with Crippen molar-refractivity contribution in [2.75, 3.05) is 18.4 Å². The maximum Gasteiger partial charge on any atom is 0.205 e. The summed E-state index contributed by atoms with van der Waals surface area (Å²) in [4.78, 5) is 2.62. The second kappa shape index (κ2) is 5.13. The average molecular weight is 266 g/mol. The summed E-state index contributed by atoms with van der Waals surface area (Å²) in [6.45, 7) is 6.99. The third kappa shape index (κ3) is 2.52. The van der Waals surface area contributed by atoms with Crippen molar-refractivity contribution in [3.05, 3.63) is 5.01 Å². The van der Waals surface area contributed by atoms with Gasteiger partial charge in [0.05, 0.1) is 0 Å². The van der Waals surface area contributed by atoms with E-state index in [-0.39, 0.29) is 0 Å². The molecule has 0 amide bonds. The molecule has 0 spiro atoms. The molecule has 1 N–H and O–H groups in total. The largest absolute Gasteiger partial charge is 0.356 e. The number of nitrogens with zero attached hydrogens (tertiary/aromatic N) is 3. The molecular formula is C13H22N4S. The minimum Gasteiger partial charge on any atom is -0.356 e. The molecule has 0 aliphatic carbocycles. The van der Waals surface area contributed by atoms with E-state index in [1.807, 2.05) is 0 Å². The van der Waals surface area contributed by atoms with E-state index in [9.17, 15) is 0 Å². The fraction of sp³-hybridized carbons (Fsp3) is 0.846. The van der Waals surface area contributed by atoms with Gasteiger partial charge in [0.1, 0.15) is 5.01 Å². The zero-order valence-corrected chi connectivity index (χ0v) is 12.0. The van der Waals surface area contributed by atoms with Crippen molar-refractivity contribution in [3.63, 3.8) is 0 Å². The van der Waals surface area contributed by atoms with Crippen LogP contribution in [-0.2, 0) is 6.42 Å². The van der Waals surface area contributed by atoms with Gasteiger partial charge in [0.25, 0.3) is 0 Å². The monoisotopic (exact) mass is 266 g/mol. The van der Waals surface area contributed by atoms with Crippen LogP contribution < -0.4 is 5.32 Å².